The van der Waals surface area contributed by atoms with Crippen LogP contribution in [0.1, 0.15) is 20.7 Å². The fourth-order valence-corrected chi connectivity index (χ4v) is 1.37. The molecule has 0 radical (unpaired) electrons. The van der Waals surface area contributed by atoms with Crippen molar-refractivity contribution >= 4 is 17.7 Å². The van der Waals surface area contributed by atoms with Crippen molar-refractivity contribution in [1.82, 2.24) is 10.2 Å². The number of amides is 1. The predicted molar refractivity (Wildman–Crippen MR) is 66.2 cm³/mol. The molecule has 1 amide bonds. The average molecular weight is 259 g/mol. The number of aromatic nitrogens is 2. The summed E-state index contributed by atoms with van der Waals surface area (Å²) in [6.07, 6.45) is 0. The number of anilines is 1. The van der Waals surface area contributed by atoms with Crippen molar-refractivity contribution in [3.8, 4) is 0 Å². The molecule has 0 fully saturated rings. The van der Waals surface area contributed by atoms with E-state index in [0.717, 1.165) is 0 Å². The highest BCUT2D eigenvalue weighted by molar-refractivity contribution is 6.04. The molecule has 96 valence electrons. The normalized spacial score (nSPS) is 9.89. The van der Waals surface area contributed by atoms with Crippen LogP contribution in [0.15, 0.2) is 41.2 Å². The van der Waals surface area contributed by atoms with Gasteiger partial charge in [0.05, 0.1) is 5.56 Å². The molecule has 0 saturated heterocycles. The SMILES string of the molecule is O=C(O)c1ccc(C(=O)Nc2ccc(=O)[nH]n2)cc1. The summed E-state index contributed by atoms with van der Waals surface area (Å²) in [5.74, 6) is -1.31. The van der Waals surface area contributed by atoms with Gasteiger partial charge in [0.1, 0.15) is 0 Å². The Bertz CT molecular complexity index is 656. The maximum atomic E-state index is 11.8. The zero-order valence-electron chi connectivity index (χ0n) is 9.58. The lowest BCUT2D eigenvalue weighted by Gasteiger charge is -2.03. The maximum Gasteiger partial charge on any atom is 0.335 e. The van der Waals surface area contributed by atoms with Crippen LogP contribution in [0.4, 0.5) is 5.82 Å². The zero-order chi connectivity index (χ0) is 13.8. The van der Waals surface area contributed by atoms with Gasteiger partial charge in [-0.25, -0.2) is 9.89 Å². The second-order valence-electron chi connectivity index (χ2n) is 3.64. The summed E-state index contributed by atoms with van der Waals surface area (Å²) >= 11 is 0. The van der Waals surface area contributed by atoms with E-state index < -0.39 is 11.9 Å². The monoisotopic (exact) mass is 259 g/mol. The number of H-pyrrole nitrogens is 1. The Morgan fingerprint density at radius 1 is 1.05 bits per heavy atom. The number of nitrogens with one attached hydrogen (secondary N) is 2. The van der Waals surface area contributed by atoms with Crippen LogP contribution in [0.5, 0.6) is 0 Å². The number of rotatable bonds is 3. The summed E-state index contributed by atoms with van der Waals surface area (Å²) in [5, 5.41) is 17.0. The molecule has 0 aliphatic carbocycles. The third-order valence-corrected chi connectivity index (χ3v) is 2.31. The summed E-state index contributed by atoms with van der Waals surface area (Å²) < 4.78 is 0. The van der Waals surface area contributed by atoms with Gasteiger partial charge in [-0.3, -0.25) is 9.59 Å². The van der Waals surface area contributed by atoms with Gasteiger partial charge in [-0.15, -0.1) is 0 Å². The van der Waals surface area contributed by atoms with Crippen LogP contribution in [-0.4, -0.2) is 27.2 Å². The molecule has 2 aromatic rings. The lowest BCUT2D eigenvalue weighted by Crippen LogP contribution is -2.15. The Balaban J connectivity index is 2.13. The molecule has 0 saturated carbocycles. The predicted octanol–water partition coefficient (Wildman–Crippen LogP) is 0.720. The van der Waals surface area contributed by atoms with Crippen molar-refractivity contribution in [2.45, 2.75) is 0 Å². The van der Waals surface area contributed by atoms with Crippen LogP contribution in [-0.2, 0) is 0 Å². The standard InChI is InChI=1S/C12H9N3O4/c16-10-6-5-9(14-15-10)13-11(17)7-1-3-8(4-2-7)12(18)19/h1-6H,(H,15,16)(H,18,19)(H,13,14,17). The highest BCUT2D eigenvalue weighted by atomic mass is 16.4. The fraction of sp³-hybridized carbons (Fsp3) is 0. The number of hydrogen-bond acceptors (Lipinski definition) is 4. The van der Waals surface area contributed by atoms with E-state index in [2.05, 4.69) is 15.5 Å². The lowest BCUT2D eigenvalue weighted by molar-refractivity contribution is 0.0696. The largest absolute Gasteiger partial charge is 0.478 e. The molecular weight excluding hydrogens is 250 g/mol. The summed E-state index contributed by atoms with van der Waals surface area (Å²) in [7, 11) is 0. The van der Waals surface area contributed by atoms with Gasteiger partial charge in [0, 0.05) is 11.6 Å². The molecular formula is C12H9N3O4. The molecule has 0 aliphatic heterocycles. The van der Waals surface area contributed by atoms with Gasteiger partial charge in [-0.1, -0.05) is 0 Å². The topological polar surface area (TPSA) is 112 Å². The number of nitrogens with zero attached hydrogens (tertiary/aromatic N) is 1. The number of benzene rings is 1. The van der Waals surface area contributed by atoms with E-state index in [4.69, 9.17) is 5.11 Å². The van der Waals surface area contributed by atoms with Crippen molar-refractivity contribution in [2.24, 2.45) is 0 Å². The lowest BCUT2D eigenvalue weighted by atomic mass is 10.1. The minimum absolute atomic E-state index is 0.0960. The van der Waals surface area contributed by atoms with Crippen molar-refractivity contribution in [2.75, 3.05) is 5.32 Å². The second-order valence-corrected chi connectivity index (χ2v) is 3.64. The highest BCUT2D eigenvalue weighted by Crippen LogP contribution is 2.07. The number of carboxylic acids is 1. The van der Waals surface area contributed by atoms with E-state index in [1.165, 1.54) is 36.4 Å². The van der Waals surface area contributed by atoms with Crippen molar-refractivity contribution in [1.29, 1.82) is 0 Å². The van der Waals surface area contributed by atoms with E-state index in [9.17, 15) is 14.4 Å². The molecule has 7 heteroatoms. The third kappa shape index (κ3) is 3.03. The molecule has 1 aromatic carbocycles. The number of hydrogen-bond donors (Lipinski definition) is 3. The molecule has 19 heavy (non-hydrogen) atoms. The quantitative estimate of drug-likeness (QED) is 0.751. The highest BCUT2D eigenvalue weighted by Gasteiger charge is 2.08. The minimum Gasteiger partial charge on any atom is -0.478 e. The molecule has 7 nitrogen and oxygen atoms in total. The molecule has 1 heterocycles. The third-order valence-electron chi connectivity index (χ3n) is 2.31. The van der Waals surface area contributed by atoms with Crippen molar-refractivity contribution < 1.29 is 14.7 Å². The van der Waals surface area contributed by atoms with Crippen molar-refractivity contribution in [3.05, 3.63) is 57.9 Å². The van der Waals surface area contributed by atoms with Crippen LogP contribution < -0.4 is 10.9 Å². The van der Waals surface area contributed by atoms with Gasteiger partial charge in [-0.05, 0) is 30.3 Å². The van der Waals surface area contributed by atoms with Crippen LogP contribution in [0.25, 0.3) is 0 Å². The molecule has 0 bridgehead atoms. The molecule has 0 unspecified atom stereocenters. The smallest absolute Gasteiger partial charge is 0.335 e. The van der Waals surface area contributed by atoms with Gasteiger partial charge >= 0.3 is 5.97 Å². The van der Waals surface area contributed by atoms with E-state index in [0.29, 0.717) is 0 Å². The first-order valence-electron chi connectivity index (χ1n) is 5.27. The van der Waals surface area contributed by atoms with Crippen LogP contribution in [0.2, 0.25) is 0 Å². The molecule has 1 aromatic heterocycles. The van der Waals surface area contributed by atoms with Gasteiger partial charge in [0.2, 0.25) is 0 Å². The number of aromatic carboxylic acids is 1. The minimum atomic E-state index is -1.06. The van der Waals surface area contributed by atoms with E-state index in [1.54, 1.807) is 0 Å². The van der Waals surface area contributed by atoms with Gasteiger partial charge in [-0.2, -0.15) is 5.10 Å². The Morgan fingerprint density at radius 2 is 1.68 bits per heavy atom. The van der Waals surface area contributed by atoms with Gasteiger partial charge in [0.25, 0.3) is 11.5 Å². The number of carboxylic acid groups (broad SMARTS) is 1. The summed E-state index contributed by atoms with van der Waals surface area (Å²) in [6.45, 7) is 0. The first kappa shape index (κ1) is 12.5. The molecule has 2 rings (SSSR count). The summed E-state index contributed by atoms with van der Waals surface area (Å²) in [4.78, 5) is 33.2. The van der Waals surface area contributed by atoms with Crippen LogP contribution >= 0.6 is 0 Å². The Morgan fingerprint density at radius 3 is 2.21 bits per heavy atom. The first-order valence-corrected chi connectivity index (χ1v) is 5.27. The molecule has 0 aliphatic rings. The fourth-order valence-electron chi connectivity index (χ4n) is 1.37. The van der Waals surface area contributed by atoms with Crippen molar-refractivity contribution in [3.63, 3.8) is 0 Å². The number of carbonyl (C=O) groups excluding carboxylic acids is 1. The zero-order valence-corrected chi connectivity index (χ0v) is 9.58. The van der Waals surface area contributed by atoms with E-state index in [1.807, 2.05) is 0 Å². The van der Waals surface area contributed by atoms with Gasteiger partial charge < -0.3 is 10.4 Å². The number of carbonyl (C=O) groups is 2. The van der Waals surface area contributed by atoms with E-state index >= 15 is 0 Å². The van der Waals surface area contributed by atoms with Gasteiger partial charge in [0.15, 0.2) is 5.82 Å². The first-order chi connectivity index (χ1) is 9.06. The number of aromatic amines is 1. The van der Waals surface area contributed by atoms with E-state index in [-0.39, 0.29) is 22.5 Å². The second kappa shape index (κ2) is 5.13. The Labute approximate surface area is 106 Å². The molecule has 0 spiro atoms. The Kier molecular flexibility index (Phi) is 3.37. The molecule has 0 atom stereocenters. The average Bonchev–Trinajstić information content (AvgIpc) is 2.41. The summed E-state index contributed by atoms with van der Waals surface area (Å²) in [5.41, 5.74) is 0.0144. The van der Waals surface area contributed by atoms with Crippen LogP contribution in [0.3, 0.4) is 0 Å². The Hall–Kier alpha value is -2.96. The molecule has 3 N–H and O–H groups in total. The van der Waals surface area contributed by atoms with Crippen LogP contribution in [0, 0.1) is 0 Å². The maximum absolute atomic E-state index is 11.8. The summed E-state index contributed by atoms with van der Waals surface area (Å²) in [6, 6.07) is 8.04.